The van der Waals surface area contributed by atoms with Gasteiger partial charge in [0.15, 0.2) is 5.58 Å². The van der Waals surface area contributed by atoms with Gasteiger partial charge in [-0.15, -0.1) is 11.3 Å². The Morgan fingerprint density at radius 3 is 1.95 bits per heavy atom. The third-order valence-electron chi connectivity index (χ3n) is 11.4. The molecular formula is C53H33N3OS. The van der Waals surface area contributed by atoms with Gasteiger partial charge >= 0.3 is 0 Å². The first-order valence-electron chi connectivity index (χ1n) is 19.5. The predicted octanol–water partition coefficient (Wildman–Crippen LogP) is 15.2. The van der Waals surface area contributed by atoms with Gasteiger partial charge in [-0.1, -0.05) is 109 Å². The Hall–Kier alpha value is -7.47. The number of anilines is 3. The highest BCUT2D eigenvalue weighted by Crippen LogP contribution is 2.43. The summed E-state index contributed by atoms with van der Waals surface area (Å²) >= 11 is 1.85. The Balaban J connectivity index is 0.979. The molecule has 0 N–H and O–H groups in total. The third-order valence-corrected chi connectivity index (χ3v) is 12.5. The van der Waals surface area contributed by atoms with Crippen LogP contribution in [0.1, 0.15) is 0 Å². The number of fused-ring (bicyclic) bond motifs is 9. The summed E-state index contributed by atoms with van der Waals surface area (Å²) < 4.78 is 11.1. The van der Waals surface area contributed by atoms with Crippen LogP contribution in [0.25, 0.3) is 92.1 Å². The van der Waals surface area contributed by atoms with Crippen molar-refractivity contribution in [3.8, 4) is 28.3 Å². The van der Waals surface area contributed by atoms with Crippen LogP contribution in [-0.4, -0.2) is 9.55 Å². The molecule has 9 aromatic carbocycles. The van der Waals surface area contributed by atoms with Crippen LogP contribution >= 0.6 is 11.3 Å². The van der Waals surface area contributed by atoms with Crippen molar-refractivity contribution in [1.29, 1.82) is 0 Å². The molecule has 58 heavy (non-hydrogen) atoms. The van der Waals surface area contributed by atoms with Gasteiger partial charge in [-0.05, 0) is 108 Å². The van der Waals surface area contributed by atoms with E-state index >= 15 is 0 Å². The minimum atomic E-state index is 0.639. The molecular weight excluding hydrogens is 727 g/mol. The Morgan fingerprint density at radius 1 is 0.431 bits per heavy atom. The summed E-state index contributed by atoms with van der Waals surface area (Å²) in [4.78, 5) is 7.31. The number of para-hydroxylation sites is 2. The van der Waals surface area contributed by atoms with E-state index in [-0.39, 0.29) is 0 Å². The lowest BCUT2D eigenvalue weighted by Crippen LogP contribution is -2.09. The largest absolute Gasteiger partial charge is 0.436 e. The molecule has 12 aromatic rings. The van der Waals surface area contributed by atoms with Crippen molar-refractivity contribution in [2.75, 3.05) is 4.90 Å². The first kappa shape index (κ1) is 32.7. The smallest absolute Gasteiger partial charge is 0.227 e. The van der Waals surface area contributed by atoms with Gasteiger partial charge in [-0.2, -0.15) is 0 Å². The summed E-state index contributed by atoms with van der Waals surface area (Å²) in [5.41, 5.74) is 11.8. The molecule has 3 heterocycles. The van der Waals surface area contributed by atoms with Crippen molar-refractivity contribution < 1.29 is 4.42 Å². The molecule has 12 rings (SSSR count). The fraction of sp³-hybridized carbons (Fsp3) is 0. The van der Waals surface area contributed by atoms with Crippen LogP contribution in [-0.2, 0) is 0 Å². The average molecular weight is 760 g/mol. The number of hydrogen-bond acceptors (Lipinski definition) is 4. The van der Waals surface area contributed by atoms with E-state index in [0.29, 0.717) is 5.89 Å². The molecule has 0 unspecified atom stereocenters. The minimum absolute atomic E-state index is 0.639. The average Bonchev–Trinajstić information content (AvgIpc) is 3.99. The lowest BCUT2D eigenvalue weighted by molar-refractivity contribution is 0.620. The van der Waals surface area contributed by atoms with E-state index in [9.17, 15) is 0 Å². The fourth-order valence-corrected chi connectivity index (χ4v) is 9.80. The normalized spacial score (nSPS) is 11.8. The van der Waals surface area contributed by atoms with Gasteiger partial charge < -0.3 is 13.9 Å². The fourth-order valence-electron chi connectivity index (χ4n) is 8.66. The summed E-state index contributed by atoms with van der Waals surface area (Å²) in [6, 6.07) is 71.7. The SMILES string of the molecule is c1ccc(-c2nc3c(ccc4cc(-c5ccc(N(c6ccc7c(c6)sc6ccccc67)c6ccc7c(c6)c6ccccc6n7-c6ccccc6)cc5)ccc43)o2)cc1. The van der Waals surface area contributed by atoms with Crippen molar-refractivity contribution >= 4 is 92.2 Å². The van der Waals surface area contributed by atoms with E-state index in [4.69, 9.17) is 9.40 Å². The number of nitrogens with zero attached hydrogens (tertiary/aromatic N) is 3. The van der Waals surface area contributed by atoms with Crippen molar-refractivity contribution in [3.05, 3.63) is 200 Å². The maximum Gasteiger partial charge on any atom is 0.227 e. The highest BCUT2D eigenvalue weighted by molar-refractivity contribution is 7.25. The van der Waals surface area contributed by atoms with Crippen LogP contribution in [0, 0.1) is 0 Å². The zero-order valence-electron chi connectivity index (χ0n) is 31.2. The molecule has 0 aliphatic rings. The zero-order chi connectivity index (χ0) is 38.2. The zero-order valence-corrected chi connectivity index (χ0v) is 32.0. The van der Waals surface area contributed by atoms with E-state index in [2.05, 4.69) is 173 Å². The van der Waals surface area contributed by atoms with E-state index in [1.165, 1.54) is 42.0 Å². The molecule has 4 nitrogen and oxygen atoms in total. The maximum atomic E-state index is 6.17. The molecule has 0 fully saturated rings. The van der Waals surface area contributed by atoms with Gasteiger partial charge in [-0.3, -0.25) is 0 Å². The van der Waals surface area contributed by atoms with E-state index in [0.717, 1.165) is 61.3 Å². The maximum absolute atomic E-state index is 6.17. The van der Waals surface area contributed by atoms with Crippen LogP contribution in [0.5, 0.6) is 0 Å². The highest BCUT2D eigenvalue weighted by atomic mass is 32.1. The lowest BCUT2D eigenvalue weighted by Gasteiger charge is -2.26. The first-order chi connectivity index (χ1) is 28.7. The quantitative estimate of drug-likeness (QED) is 0.169. The molecule has 0 atom stereocenters. The Morgan fingerprint density at radius 2 is 1.09 bits per heavy atom. The molecule has 5 heteroatoms. The molecule has 0 amide bonds. The minimum Gasteiger partial charge on any atom is -0.436 e. The molecule has 0 spiro atoms. The predicted molar refractivity (Wildman–Crippen MR) is 244 cm³/mol. The van der Waals surface area contributed by atoms with E-state index in [1.54, 1.807) is 0 Å². The molecule has 0 aliphatic carbocycles. The van der Waals surface area contributed by atoms with Gasteiger partial charge in [0.2, 0.25) is 5.89 Å². The van der Waals surface area contributed by atoms with Crippen LogP contribution in [0.2, 0.25) is 0 Å². The molecule has 0 saturated carbocycles. The van der Waals surface area contributed by atoms with Crippen LogP contribution in [0.4, 0.5) is 17.1 Å². The molecule has 0 saturated heterocycles. The second-order valence-corrected chi connectivity index (χ2v) is 15.9. The van der Waals surface area contributed by atoms with Crippen LogP contribution in [0.15, 0.2) is 205 Å². The second-order valence-electron chi connectivity index (χ2n) is 14.8. The van der Waals surface area contributed by atoms with Crippen molar-refractivity contribution in [1.82, 2.24) is 9.55 Å². The summed E-state index contributed by atoms with van der Waals surface area (Å²) in [6.45, 7) is 0. The van der Waals surface area contributed by atoms with Crippen LogP contribution < -0.4 is 4.90 Å². The number of thiophene rings is 1. The topological polar surface area (TPSA) is 34.2 Å². The number of rotatable bonds is 6. The van der Waals surface area contributed by atoms with Crippen molar-refractivity contribution in [2.24, 2.45) is 0 Å². The first-order valence-corrected chi connectivity index (χ1v) is 20.3. The second kappa shape index (κ2) is 13.1. The van der Waals surface area contributed by atoms with Gasteiger partial charge in [0, 0.05) is 64.6 Å². The monoisotopic (exact) mass is 759 g/mol. The van der Waals surface area contributed by atoms with Gasteiger partial charge in [0.05, 0.1) is 11.0 Å². The van der Waals surface area contributed by atoms with Crippen molar-refractivity contribution in [2.45, 2.75) is 0 Å². The molecule has 3 aromatic heterocycles. The lowest BCUT2D eigenvalue weighted by atomic mass is 10.00. The number of hydrogen-bond donors (Lipinski definition) is 0. The highest BCUT2D eigenvalue weighted by Gasteiger charge is 2.19. The molecule has 272 valence electrons. The van der Waals surface area contributed by atoms with Gasteiger partial charge in [-0.25, -0.2) is 4.98 Å². The summed E-state index contributed by atoms with van der Waals surface area (Å²) in [5, 5.41) is 7.25. The Kier molecular flexibility index (Phi) is 7.37. The number of aromatic nitrogens is 2. The van der Waals surface area contributed by atoms with E-state index < -0.39 is 0 Å². The molecule has 0 aliphatic heterocycles. The number of benzene rings is 9. The van der Waals surface area contributed by atoms with E-state index in [1.807, 2.05) is 47.7 Å². The van der Waals surface area contributed by atoms with Crippen LogP contribution in [0.3, 0.4) is 0 Å². The molecule has 0 bridgehead atoms. The summed E-state index contributed by atoms with van der Waals surface area (Å²) in [6.07, 6.45) is 0. The van der Waals surface area contributed by atoms with Gasteiger partial charge in [0.1, 0.15) is 5.52 Å². The summed E-state index contributed by atoms with van der Waals surface area (Å²) in [7, 11) is 0. The molecule has 0 radical (unpaired) electrons. The van der Waals surface area contributed by atoms with Gasteiger partial charge in [0.25, 0.3) is 0 Å². The Labute approximate surface area is 338 Å². The number of oxazole rings is 1. The standard InChI is InChI=1S/C53H33N3OS/c1-3-11-35(12-4-1)53-54-52-42-27-21-36(31-37(42)22-30-49(52)57-53)34-19-23-39(24-20-34)55(41-25-28-45-44-16-8-10-18-50(44)58-51(45)33-41)40-26-29-48-46(32-40)43-15-7-9-17-47(43)56(48)38-13-5-2-6-14-38/h1-33H. The Bertz CT molecular complexity index is 3510. The third kappa shape index (κ3) is 5.25. The van der Waals surface area contributed by atoms with Crippen molar-refractivity contribution in [3.63, 3.8) is 0 Å². The summed E-state index contributed by atoms with van der Waals surface area (Å²) in [5.74, 6) is 0.639.